The molecule has 21 heavy (non-hydrogen) atoms. The van der Waals surface area contributed by atoms with Crippen LogP contribution in [0.3, 0.4) is 0 Å². The Bertz CT molecular complexity index is 591. The molecule has 0 saturated carbocycles. The first kappa shape index (κ1) is 15.6. The average Bonchev–Trinajstić information content (AvgIpc) is 2.53. The molecule has 0 aromatic heterocycles. The Morgan fingerprint density at radius 3 is 2.10 bits per heavy atom. The fourth-order valence-electron chi connectivity index (χ4n) is 1.85. The molecular formula is C17H18BrNO2. The molecule has 2 aromatic rings. The Morgan fingerprint density at radius 1 is 1.00 bits per heavy atom. The Kier molecular flexibility index (Phi) is 5.39. The number of hydrogen-bond donors (Lipinski definition) is 0. The van der Waals surface area contributed by atoms with Gasteiger partial charge in [0.25, 0.3) is 0 Å². The van der Waals surface area contributed by atoms with Crippen LogP contribution >= 0.6 is 15.9 Å². The average molecular weight is 348 g/mol. The van der Waals surface area contributed by atoms with E-state index in [0.717, 1.165) is 22.1 Å². The van der Waals surface area contributed by atoms with E-state index < -0.39 is 0 Å². The third-order valence-corrected chi connectivity index (χ3v) is 3.81. The Balaban J connectivity index is 1.93. The molecule has 4 heteroatoms. The van der Waals surface area contributed by atoms with Crippen molar-refractivity contribution < 1.29 is 9.53 Å². The van der Waals surface area contributed by atoms with Crippen molar-refractivity contribution in [3.8, 4) is 0 Å². The number of benzene rings is 2. The van der Waals surface area contributed by atoms with E-state index in [9.17, 15) is 4.79 Å². The van der Waals surface area contributed by atoms with Crippen molar-refractivity contribution in [3.63, 3.8) is 0 Å². The summed E-state index contributed by atoms with van der Waals surface area (Å²) in [6.45, 7) is 0.284. The second kappa shape index (κ2) is 7.27. The van der Waals surface area contributed by atoms with Crippen molar-refractivity contribution in [3.05, 3.63) is 65.2 Å². The molecule has 0 amide bonds. The van der Waals surface area contributed by atoms with Gasteiger partial charge in [0.15, 0.2) is 0 Å². The SMILES string of the molecule is CN(C)c1ccc(COC(=O)c2ccc(CBr)cc2)cc1. The summed E-state index contributed by atoms with van der Waals surface area (Å²) in [4.78, 5) is 14.0. The number of rotatable bonds is 5. The van der Waals surface area contributed by atoms with E-state index in [2.05, 4.69) is 15.9 Å². The predicted octanol–water partition coefficient (Wildman–Crippen LogP) is 4.00. The zero-order valence-electron chi connectivity index (χ0n) is 12.2. The number of halogens is 1. The molecule has 0 N–H and O–H groups in total. The van der Waals surface area contributed by atoms with Crippen molar-refractivity contribution in [1.29, 1.82) is 0 Å². The van der Waals surface area contributed by atoms with E-state index in [-0.39, 0.29) is 12.6 Å². The van der Waals surface area contributed by atoms with E-state index in [1.807, 2.05) is 55.4 Å². The van der Waals surface area contributed by atoms with E-state index in [0.29, 0.717) is 5.56 Å². The minimum absolute atomic E-state index is 0.284. The molecule has 0 fully saturated rings. The molecule has 0 spiro atoms. The van der Waals surface area contributed by atoms with Gasteiger partial charge in [-0.3, -0.25) is 0 Å². The van der Waals surface area contributed by atoms with Gasteiger partial charge < -0.3 is 9.64 Å². The summed E-state index contributed by atoms with van der Waals surface area (Å²) in [6.07, 6.45) is 0. The van der Waals surface area contributed by atoms with Crippen LogP contribution in [-0.4, -0.2) is 20.1 Å². The number of esters is 1. The van der Waals surface area contributed by atoms with Gasteiger partial charge in [-0.1, -0.05) is 40.2 Å². The first-order valence-corrected chi connectivity index (χ1v) is 7.80. The number of hydrogen-bond acceptors (Lipinski definition) is 3. The van der Waals surface area contributed by atoms with Crippen molar-refractivity contribution in [2.24, 2.45) is 0 Å². The van der Waals surface area contributed by atoms with Gasteiger partial charge in [-0.05, 0) is 35.4 Å². The predicted molar refractivity (Wildman–Crippen MR) is 89.0 cm³/mol. The summed E-state index contributed by atoms with van der Waals surface area (Å²) in [5.74, 6) is -0.298. The summed E-state index contributed by atoms with van der Waals surface area (Å²) in [5, 5.41) is 0.778. The lowest BCUT2D eigenvalue weighted by atomic mass is 10.1. The molecule has 2 rings (SSSR count). The lowest BCUT2D eigenvalue weighted by Crippen LogP contribution is -2.09. The maximum Gasteiger partial charge on any atom is 0.338 e. The van der Waals surface area contributed by atoms with Gasteiger partial charge in [0.1, 0.15) is 6.61 Å². The van der Waals surface area contributed by atoms with Crippen LogP contribution in [0, 0.1) is 0 Å². The van der Waals surface area contributed by atoms with E-state index in [1.165, 1.54) is 0 Å². The number of carbonyl (C=O) groups is 1. The largest absolute Gasteiger partial charge is 0.457 e. The van der Waals surface area contributed by atoms with Gasteiger partial charge in [0.05, 0.1) is 5.56 Å². The van der Waals surface area contributed by atoms with Crippen molar-refractivity contribution in [1.82, 2.24) is 0 Å². The highest BCUT2D eigenvalue weighted by Gasteiger charge is 2.07. The quantitative estimate of drug-likeness (QED) is 0.604. The lowest BCUT2D eigenvalue weighted by Gasteiger charge is -2.12. The zero-order chi connectivity index (χ0) is 15.2. The van der Waals surface area contributed by atoms with Crippen LogP contribution in [0.1, 0.15) is 21.5 Å². The highest BCUT2D eigenvalue weighted by Crippen LogP contribution is 2.14. The van der Waals surface area contributed by atoms with Gasteiger partial charge in [0, 0.05) is 25.1 Å². The molecule has 110 valence electrons. The summed E-state index contributed by atoms with van der Waals surface area (Å²) in [5.41, 5.74) is 3.80. The first-order valence-electron chi connectivity index (χ1n) is 6.68. The summed E-state index contributed by atoms with van der Waals surface area (Å²) in [7, 11) is 3.98. The van der Waals surface area contributed by atoms with E-state index in [4.69, 9.17) is 4.74 Å². The lowest BCUT2D eigenvalue weighted by molar-refractivity contribution is 0.0473. The minimum Gasteiger partial charge on any atom is -0.457 e. The van der Waals surface area contributed by atoms with Gasteiger partial charge in [-0.25, -0.2) is 4.79 Å². The van der Waals surface area contributed by atoms with Crippen molar-refractivity contribution in [2.75, 3.05) is 19.0 Å². The maximum atomic E-state index is 12.0. The van der Waals surface area contributed by atoms with Crippen molar-refractivity contribution in [2.45, 2.75) is 11.9 Å². The highest BCUT2D eigenvalue weighted by atomic mass is 79.9. The first-order chi connectivity index (χ1) is 10.1. The fourth-order valence-corrected chi connectivity index (χ4v) is 2.23. The molecule has 0 aliphatic carbocycles. The number of ether oxygens (including phenoxy) is 1. The molecule has 0 bridgehead atoms. The Hall–Kier alpha value is -1.81. The van der Waals surface area contributed by atoms with Crippen LogP contribution in [0.4, 0.5) is 5.69 Å². The Morgan fingerprint density at radius 2 is 1.57 bits per heavy atom. The topological polar surface area (TPSA) is 29.5 Å². The van der Waals surface area contributed by atoms with Gasteiger partial charge in [-0.15, -0.1) is 0 Å². The fraction of sp³-hybridized carbons (Fsp3) is 0.235. The van der Waals surface area contributed by atoms with Crippen LogP contribution in [0.25, 0.3) is 0 Å². The van der Waals surface area contributed by atoms with Crippen molar-refractivity contribution >= 4 is 27.6 Å². The molecule has 0 radical (unpaired) electrons. The molecular weight excluding hydrogens is 330 g/mol. The van der Waals surface area contributed by atoms with Crippen LogP contribution in [0.15, 0.2) is 48.5 Å². The minimum atomic E-state index is -0.298. The molecule has 0 aliphatic rings. The normalized spacial score (nSPS) is 10.2. The highest BCUT2D eigenvalue weighted by molar-refractivity contribution is 9.08. The molecule has 0 atom stereocenters. The third kappa shape index (κ3) is 4.33. The summed E-state index contributed by atoms with van der Waals surface area (Å²) < 4.78 is 5.32. The Labute approximate surface area is 133 Å². The number of nitrogens with zero attached hydrogens (tertiary/aromatic N) is 1. The third-order valence-electron chi connectivity index (χ3n) is 3.17. The number of anilines is 1. The molecule has 0 saturated heterocycles. The standard InChI is InChI=1S/C17H18BrNO2/c1-19(2)16-9-5-14(6-10-16)12-21-17(20)15-7-3-13(11-18)4-8-15/h3-10H,11-12H2,1-2H3. The molecule has 2 aromatic carbocycles. The monoisotopic (exact) mass is 347 g/mol. The van der Waals surface area contributed by atoms with Gasteiger partial charge >= 0.3 is 5.97 Å². The maximum absolute atomic E-state index is 12.0. The van der Waals surface area contributed by atoms with Crippen LogP contribution < -0.4 is 4.90 Å². The van der Waals surface area contributed by atoms with E-state index in [1.54, 1.807) is 12.1 Å². The number of carbonyl (C=O) groups excluding carboxylic acids is 1. The van der Waals surface area contributed by atoms with Gasteiger partial charge in [-0.2, -0.15) is 0 Å². The summed E-state index contributed by atoms with van der Waals surface area (Å²) >= 11 is 3.38. The van der Waals surface area contributed by atoms with Crippen LogP contribution in [0.2, 0.25) is 0 Å². The van der Waals surface area contributed by atoms with Crippen LogP contribution in [0.5, 0.6) is 0 Å². The number of alkyl halides is 1. The summed E-state index contributed by atoms with van der Waals surface area (Å²) in [6, 6.07) is 15.4. The molecule has 0 unspecified atom stereocenters. The van der Waals surface area contributed by atoms with Gasteiger partial charge in [0.2, 0.25) is 0 Å². The second-order valence-corrected chi connectivity index (χ2v) is 5.53. The second-order valence-electron chi connectivity index (χ2n) is 4.97. The molecule has 3 nitrogen and oxygen atoms in total. The molecule has 0 aliphatic heterocycles. The molecule has 0 heterocycles. The van der Waals surface area contributed by atoms with Crippen LogP contribution in [-0.2, 0) is 16.7 Å². The smallest absolute Gasteiger partial charge is 0.338 e. The van der Waals surface area contributed by atoms with E-state index >= 15 is 0 Å². The zero-order valence-corrected chi connectivity index (χ0v) is 13.8.